The van der Waals surface area contributed by atoms with Gasteiger partial charge in [0.1, 0.15) is 0 Å². The Morgan fingerprint density at radius 2 is 1.81 bits per heavy atom. The third-order valence-electron chi connectivity index (χ3n) is 8.26. The zero-order valence-corrected chi connectivity index (χ0v) is 24.7. The number of pyridine rings is 1. The smallest absolute Gasteiger partial charge is 0.271 e. The molecule has 5 aromatic rings. The standard InChI is InChI=1S/C34H30N4O3S/c1-20-16-24(21(2)37(20)25-9-7-15-35-19-25)18-30-33(39)38-32(23-12-14-28(40-3)29(17-23)41-4)27-13-11-22-8-5-6-10-26(22)31(27)36-34(38)42-30/h5-10,12,14-19,32H,11,13H2,1-4H3/b30-18-/t32-/m1/s1. The van der Waals surface area contributed by atoms with Crippen molar-refractivity contribution >= 4 is 23.1 Å². The lowest BCUT2D eigenvalue weighted by Gasteiger charge is -2.31. The van der Waals surface area contributed by atoms with E-state index in [1.165, 1.54) is 16.9 Å². The number of fused-ring (bicyclic) bond motifs is 3. The SMILES string of the molecule is COc1ccc([C@@H]2C3=C(N=c4s/c(=C\c5cc(C)n(-c6cccnc6)c5C)c(=O)n42)c2ccccc2CC3)cc1OC. The molecule has 3 aromatic heterocycles. The van der Waals surface area contributed by atoms with Crippen molar-refractivity contribution in [3.8, 4) is 17.2 Å². The zero-order chi connectivity index (χ0) is 29.0. The second-order valence-electron chi connectivity index (χ2n) is 10.6. The first kappa shape index (κ1) is 26.2. The molecule has 1 aliphatic heterocycles. The molecule has 0 radical (unpaired) electrons. The lowest BCUT2D eigenvalue weighted by molar-refractivity contribution is 0.354. The van der Waals surface area contributed by atoms with Gasteiger partial charge in [-0.1, -0.05) is 41.7 Å². The lowest BCUT2D eigenvalue weighted by atomic mass is 9.83. The average Bonchev–Trinajstić information content (AvgIpc) is 3.49. The van der Waals surface area contributed by atoms with Crippen LogP contribution < -0.4 is 24.4 Å². The largest absolute Gasteiger partial charge is 0.493 e. The fourth-order valence-electron chi connectivity index (χ4n) is 6.30. The van der Waals surface area contributed by atoms with Crippen LogP contribution in [0.15, 0.2) is 88.4 Å². The fourth-order valence-corrected chi connectivity index (χ4v) is 7.30. The molecular formula is C34H30N4O3S. The summed E-state index contributed by atoms with van der Waals surface area (Å²) in [5, 5.41) is 0. The van der Waals surface area contributed by atoms with E-state index in [2.05, 4.69) is 53.7 Å². The number of ether oxygens (including phenoxy) is 2. The van der Waals surface area contributed by atoms with E-state index in [1.54, 1.807) is 20.4 Å². The third kappa shape index (κ3) is 4.13. The summed E-state index contributed by atoms with van der Waals surface area (Å²) in [6.45, 7) is 4.15. The van der Waals surface area contributed by atoms with Crippen LogP contribution in [-0.4, -0.2) is 28.3 Å². The van der Waals surface area contributed by atoms with Crippen molar-refractivity contribution in [3.05, 3.63) is 132 Å². The zero-order valence-electron chi connectivity index (χ0n) is 23.9. The number of benzene rings is 2. The Kier molecular flexibility index (Phi) is 6.43. The number of methoxy groups -OCH3 is 2. The van der Waals surface area contributed by atoms with Gasteiger partial charge in [0.25, 0.3) is 5.56 Å². The Hall–Kier alpha value is -4.69. The Morgan fingerprint density at radius 3 is 2.60 bits per heavy atom. The van der Waals surface area contributed by atoms with Gasteiger partial charge in [-0.3, -0.25) is 14.3 Å². The topological polar surface area (TPSA) is 70.6 Å². The molecule has 0 N–H and O–H groups in total. The van der Waals surface area contributed by atoms with Crippen LogP contribution in [0.4, 0.5) is 0 Å². The highest BCUT2D eigenvalue weighted by Crippen LogP contribution is 2.42. The minimum absolute atomic E-state index is 0.0462. The van der Waals surface area contributed by atoms with Gasteiger partial charge in [0.05, 0.1) is 42.4 Å². The quantitative estimate of drug-likeness (QED) is 0.292. The predicted octanol–water partition coefficient (Wildman–Crippen LogP) is 5.14. The molecule has 210 valence electrons. The molecule has 8 heteroatoms. The van der Waals surface area contributed by atoms with Gasteiger partial charge in [-0.15, -0.1) is 0 Å². The maximum Gasteiger partial charge on any atom is 0.271 e. The van der Waals surface area contributed by atoms with Crippen LogP contribution in [-0.2, 0) is 6.42 Å². The molecule has 1 atom stereocenters. The molecule has 7 rings (SSSR count). The molecule has 7 nitrogen and oxygen atoms in total. The molecule has 0 amide bonds. The highest BCUT2D eigenvalue weighted by molar-refractivity contribution is 7.07. The number of aromatic nitrogens is 3. The maximum atomic E-state index is 14.3. The van der Waals surface area contributed by atoms with Crippen LogP contribution in [0, 0.1) is 13.8 Å². The van der Waals surface area contributed by atoms with Crippen molar-refractivity contribution in [1.82, 2.24) is 14.1 Å². The highest BCUT2D eigenvalue weighted by atomic mass is 32.1. The van der Waals surface area contributed by atoms with E-state index in [1.807, 2.05) is 47.2 Å². The molecular weight excluding hydrogens is 544 g/mol. The molecule has 0 fully saturated rings. The third-order valence-corrected chi connectivity index (χ3v) is 9.24. The van der Waals surface area contributed by atoms with Crippen molar-refractivity contribution in [1.29, 1.82) is 0 Å². The van der Waals surface area contributed by atoms with Crippen molar-refractivity contribution in [2.45, 2.75) is 32.7 Å². The first-order valence-corrected chi connectivity index (χ1v) is 14.7. The summed E-state index contributed by atoms with van der Waals surface area (Å²) in [6, 6.07) is 20.2. The summed E-state index contributed by atoms with van der Waals surface area (Å²) in [5.74, 6) is 1.29. The summed E-state index contributed by atoms with van der Waals surface area (Å²) in [5.41, 5.74) is 9.59. The number of hydrogen-bond acceptors (Lipinski definition) is 6. The summed E-state index contributed by atoms with van der Waals surface area (Å²) < 4.78 is 15.9. The van der Waals surface area contributed by atoms with Gasteiger partial charge in [0.2, 0.25) is 0 Å². The second-order valence-corrected chi connectivity index (χ2v) is 11.6. The number of hydrogen-bond donors (Lipinski definition) is 0. The van der Waals surface area contributed by atoms with E-state index in [0.29, 0.717) is 20.8 Å². The fraction of sp³-hybridized carbons (Fsp3) is 0.206. The number of thiazole rings is 1. The monoisotopic (exact) mass is 574 g/mol. The van der Waals surface area contributed by atoms with Crippen LogP contribution in [0.1, 0.15) is 46.1 Å². The number of rotatable bonds is 5. The Balaban J connectivity index is 1.45. The Morgan fingerprint density at radius 1 is 0.976 bits per heavy atom. The summed E-state index contributed by atoms with van der Waals surface area (Å²) in [7, 11) is 3.27. The van der Waals surface area contributed by atoms with Crippen molar-refractivity contribution in [3.63, 3.8) is 0 Å². The molecule has 0 spiro atoms. The van der Waals surface area contributed by atoms with Gasteiger partial charge in [0, 0.05) is 23.1 Å². The molecule has 1 aliphatic carbocycles. The summed E-state index contributed by atoms with van der Waals surface area (Å²) >= 11 is 1.44. The minimum Gasteiger partial charge on any atom is -0.493 e. The molecule has 42 heavy (non-hydrogen) atoms. The maximum absolute atomic E-state index is 14.3. The lowest BCUT2D eigenvalue weighted by Crippen LogP contribution is -2.38. The Labute approximate surface area is 247 Å². The first-order valence-electron chi connectivity index (χ1n) is 13.9. The van der Waals surface area contributed by atoms with Crippen molar-refractivity contribution in [2.75, 3.05) is 14.2 Å². The predicted molar refractivity (Wildman–Crippen MR) is 165 cm³/mol. The molecule has 0 bridgehead atoms. The van der Waals surface area contributed by atoms with Crippen LogP contribution in [0.25, 0.3) is 17.5 Å². The van der Waals surface area contributed by atoms with Crippen LogP contribution in [0.3, 0.4) is 0 Å². The van der Waals surface area contributed by atoms with Gasteiger partial charge >= 0.3 is 0 Å². The van der Waals surface area contributed by atoms with E-state index in [0.717, 1.165) is 57.9 Å². The molecule has 2 aromatic carbocycles. The number of aryl methyl sites for hydroxylation is 2. The average molecular weight is 575 g/mol. The first-order chi connectivity index (χ1) is 20.5. The highest BCUT2D eigenvalue weighted by Gasteiger charge is 2.33. The molecule has 0 unspecified atom stereocenters. The van der Waals surface area contributed by atoms with E-state index >= 15 is 0 Å². The van der Waals surface area contributed by atoms with Crippen LogP contribution >= 0.6 is 11.3 Å². The van der Waals surface area contributed by atoms with E-state index in [-0.39, 0.29) is 11.6 Å². The second kappa shape index (κ2) is 10.3. The Bertz CT molecular complexity index is 2070. The molecule has 4 heterocycles. The van der Waals surface area contributed by atoms with E-state index < -0.39 is 0 Å². The summed E-state index contributed by atoms with van der Waals surface area (Å²) in [6.07, 6.45) is 7.35. The minimum atomic E-state index is -0.297. The van der Waals surface area contributed by atoms with Gasteiger partial charge in [-0.25, -0.2) is 4.99 Å². The number of nitrogens with zero attached hydrogens (tertiary/aromatic N) is 4. The van der Waals surface area contributed by atoms with Crippen molar-refractivity contribution in [2.24, 2.45) is 4.99 Å². The molecule has 0 saturated heterocycles. The normalized spacial score (nSPS) is 16.0. The van der Waals surface area contributed by atoms with Gasteiger partial charge in [0.15, 0.2) is 16.3 Å². The van der Waals surface area contributed by atoms with E-state index in [9.17, 15) is 4.79 Å². The molecule has 0 saturated carbocycles. The number of allylic oxidation sites excluding steroid dienone is 1. The van der Waals surface area contributed by atoms with Crippen molar-refractivity contribution < 1.29 is 9.47 Å². The van der Waals surface area contributed by atoms with E-state index in [4.69, 9.17) is 14.5 Å². The van der Waals surface area contributed by atoms with Crippen LogP contribution in [0.2, 0.25) is 0 Å². The van der Waals surface area contributed by atoms with Gasteiger partial charge in [-0.05, 0) is 85.4 Å². The van der Waals surface area contributed by atoms with Gasteiger partial charge < -0.3 is 14.0 Å². The van der Waals surface area contributed by atoms with Gasteiger partial charge in [-0.2, -0.15) is 0 Å². The molecule has 2 aliphatic rings. The van der Waals surface area contributed by atoms with Crippen LogP contribution in [0.5, 0.6) is 11.5 Å². The summed E-state index contributed by atoms with van der Waals surface area (Å²) in [4.78, 5) is 24.4.